The Bertz CT molecular complexity index is 1170. The number of rotatable bonds is 3. The molecular formula is C17H13ClF3N5O2. The molecule has 0 saturated carbocycles. The third-order valence-electron chi connectivity index (χ3n) is 4.35. The molecule has 4 rings (SSSR count). The van der Waals surface area contributed by atoms with Gasteiger partial charge in [0.15, 0.2) is 5.82 Å². The SMILES string of the molecule is Cc1noc(C)c1-c1nc(Cn2c(C(F)(F)F)cc3c(Cl)c(N)ccc32)no1. The van der Waals surface area contributed by atoms with Crippen LogP contribution >= 0.6 is 11.6 Å². The minimum Gasteiger partial charge on any atom is -0.398 e. The smallest absolute Gasteiger partial charge is 0.398 e. The first kappa shape index (κ1) is 18.4. The first-order valence-corrected chi connectivity index (χ1v) is 8.45. The van der Waals surface area contributed by atoms with Gasteiger partial charge in [0.1, 0.15) is 17.0 Å². The molecule has 3 aromatic heterocycles. The van der Waals surface area contributed by atoms with Crippen molar-refractivity contribution in [3.8, 4) is 11.5 Å². The molecule has 0 aliphatic heterocycles. The number of benzene rings is 1. The number of hydrogen-bond acceptors (Lipinski definition) is 6. The number of nitrogens with two attached hydrogens (primary N) is 1. The van der Waals surface area contributed by atoms with Crippen LogP contribution in [0.5, 0.6) is 0 Å². The summed E-state index contributed by atoms with van der Waals surface area (Å²) in [6, 6.07) is 3.89. The van der Waals surface area contributed by atoms with E-state index in [9.17, 15) is 13.2 Å². The number of halogens is 4. The van der Waals surface area contributed by atoms with Gasteiger partial charge in [-0.15, -0.1) is 0 Å². The summed E-state index contributed by atoms with van der Waals surface area (Å²) < 4.78 is 52.0. The van der Waals surface area contributed by atoms with E-state index in [0.717, 1.165) is 10.6 Å². The molecule has 4 aromatic rings. The summed E-state index contributed by atoms with van der Waals surface area (Å²) in [5, 5.41) is 7.86. The van der Waals surface area contributed by atoms with Crippen molar-refractivity contribution < 1.29 is 22.2 Å². The Kier molecular flexibility index (Phi) is 4.11. The van der Waals surface area contributed by atoms with Crippen LogP contribution in [0.1, 0.15) is 23.0 Å². The minimum atomic E-state index is -4.61. The van der Waals surface area contributed by atoms with Crippen LogP contribution in [0.3, 0.4) is 0 Å². The highest BCUT2D eigenvalue weighted by Crippen LogP contribution is 2.38. The molecule has 0 atom stereocenters. The number of fused-ring (bicyclic) bond motifs is 1. The zero-order valence-corrected chi connectivity index (χ0v) is 15.4. The van der Waals surface area contributed by atoms with E-state index in [4.69, 9.17) is 26.4 Å². The third kappa shape index (κ3) is 2.89. The van der Waals surface area contributed by atoms with Crippen molar-refractivity contribution in [3.63, 3.8) is 0 Å². The van der Waals surface area contributed by atoms with Gasteiger partial charge in [-0.3, -0.25) is 0 Å². The van der Waals surface area contributed by atoms with Crippen LogP contribution in [0, 0.1) is 13.8 Å². The number of aryl methyl sites for hydroxylation is 2. The number of nitrogens with zero attached hydrogens (tertiary/aromatic N) is 4. The number of nitrogen functional groups attached to an aromatic ring is 1. The van der Waals surface area contributed by atoms with Crippen LogP contribution < -0.4 is 5.73 Å². The lowest BCUT2D eigenvalue weighted by Crippen LogP contribution is -2.14. The second-order valence-corrected chi connectivity index (χ2v) is 6.61. The minimum absolute atomic E-state index is 0.0611. The van der Waals surface area contributed by atoms with Crippen LogP contribution in [0.2, 0.25) is 5.02 Å². The van der Waals surface area contributed by atoms with Crippen molar-refractivity contribution >= 4 is 28.2 Å². The van der Waals surface area contributed by atoms with Gasteiger partial charge in [-0.05, 0) is 32.0 Å². The molecule has 0 unspecified atom stereocenters. The maximum atomic E-state index is 13.6. The Morgan fingerprint density at radius 1 is 1.18 bits per heavy atom. The molecule has 0 bridgehead atoms. The van der Waals surface area contributed by atoms with Crippen molar-refractivity contribution in [2.24, 2.45) is 0 Å². The quantitative estimate of drug-likeness (QED) is 0.495. The molecule has 28 heavy (non-hydrogen) atoms. The largest absolute Gasteiger partial charge is 0.431 e. The summed E-state index contributed by atoms with van der Waals surface area (Å²) in [5.74, 6) is 0.654. The topological polar surface area (TPSA) is 95.9 Å². The maximum Gasteiger partial charge on any atom is 0.431 e. The number of alkyl halides is 3. The summed E-state index contributed by atoms with van der Waals surface area (Å²) >= 11 is 6.10. The highest BCUT2D eigenvalue weighted by atomic mass is 35.5. The van der Waals surface area contributed by atoms with Crippen molar-refractivity contribution in [2.45, 2.75) is 26.6 Å². The summed E-state index contributed by atoms with van der Waals surface area (Å²) in [6.45, 7) is 3.10. The van der Waals surface area contributed by atoms with E-state index < -0.39 is 11.9 Å². The fourth-order valence-corrected chi connectivity index (χ4v) is 3.29. The molecule has 2 N–H and O–H groups in total. The van der Waals surface area contributed by atoms with Crippen LogP contribution in [0.4, 0.5) is 18.9 Å². The molecule has 146 valence electrons. The third-order valence-corrected chi connectivity index (χ3v) is 4.78. The van der Waals surface area contributed by atoms with E-state index in [1.807, 2.05) is 0 Å². The standard InChI is InChI=1S/C17H13ClF3N5O2/c1-7-14(8(2)27-24-7)16-23-13(25-28-16)6-26-11-4-3-10(22)15(18)9(11)5-12(26)17(19,20)21/h3-5H,6,22H2,1-2H3. The molecule has 0 aliphatic carbocycles. The molecule has 0 fully saturated rings. The average Bonchev–Trinajstić information content (AvgIpc) is 3.30. The lowest BCUT2D eigenvalue weighted by atomic mass is 10.2. The zero-order valence-electron chi connectivity index (χ0n) is 14.6. The van der Waals surface area contributed by atoms with Crippen molar-refractivity contribution in [2.75, 3.05) is 5.73 Å². The Morgan fingerprint density at radius 2 is 1.93 bits per heavy atom. The highest BCUT2D eigenvalue weighted by Gasteiger charge is 2.36. The summed E-state index contributed by atoms with van der Waals surface area (Å²) in [7, 11) is 0. The van der Waals surface area contributed by atoms with Crippen molar-refractivity contribution in [3.05, 3.63) is 46.2 Å². The first-order chi connectivity index (χ1) is 13.2. The van der Waals surface area contributed by atoms with E-state index in [1.165, 1.54) is 12.1 Å². The monoisotopic (exact) mass is 411 g/mol. The second kappa shape index (κ2) is 6.26. The molecule has 0 spiro atoms. The summed E-state index contributed by atoms with van der Waals surface area (Å²) in [5.41, 5.74) is 6.34. The average molecular weight is 412 g/mol. The van der Waals surface area contributed by atoms with Crippen molar-refractivity contribution in [1.29, 1.82) is 0 Å². The Labute approximate surface area is 160 Å². The molecule has 0 amide bonds. The van der Waals surface area contributed by atoms with Gasteiger partial charge in [-0.25, -0.2) is 0 Å². The Morgan fingerprint density at radius 3 is 2.57 bits per heavy atom. The Hall–Kier alpha value is -3.01. The van der Waals surface area contributed by atoms with Crippen molar-refractivity contribution in [1.82, 2.24) is 19.9 Å². The van der Waals surface area contributed by atoms with Gasteiger partial charge < -0.3 is 19.3 Å². The van der Waals surface area contributed by atoms with Crippen LogP contribution in [-0.4, -0.2) is 19.9 Å². The normalized spacial score (nSPS) is 12.2. The fourth-order valence-electron chi connectivity index (χ4n) is 3.07. The van der Waals surface area contributed by atoms with Gasteiger partial charge in [-0.2, -0.15) is 18.2 Å². The lowest BCUT2D eigenvalue weighted by Gasteiger charge is -2.11. The second-order valence-electron chi connectivity index (χ2n) is 6.23. The molecule has 0 aliphatic rings. The van der Waals surface area contributed by atoms with E-state index in [1.54, 1.807) is 13.8 Å². The van der Waals surface area contributed by atoms with Gasteiger partial charge in [0.25, 0.3) is 5.89 Å². The van der Waals surface area contributed by atoms with E-state index in [0.29, 0.717) is 17.0 Å². The molecular weight excluding hydrogens is 399 g/mol. The summed E-state index contributed by atoms with van der Waals surface area (Å²) in [6.07, 6.45) is -4.61. The van der Waals surface area contributed by atoms with E-state index in [-0.39, 0.29) is 39.9 Å². The predicted molar refractivity (Wildman–Crippen MR) is 94.7 cm³/mol. The number of anilines is 1. The summed E-state index contributed by atoms with van der Waals surface area (Å²) in [4.78, 5) is 4.20. The van der Waals surface area contributed by atoms with Crippen LogP contribution in [0.25, 0.3) is 22.4 Å². The fraction of sp³-hybridized carbons (Fsp3) is 0.235. The molecule has 11 heteroatoms. The number of hydrogen-bond donors (Lipinski definition) is 1. The van der Waals surface area contributed by atoms with E-state index in [2.05, 4.69) is 15.3 Å². The highest BCUT2D eigenvalue weighted by molar-refractivity contribution is 6.38. The number of aromatic nitrogens is 4. The van der Waals surface area contributed by atoms with Gasteiger partial charge in [0.05, 0.1) is 28.5 Å². The molecule has 7 nitrogen and oxygen atoms in total. The predicted octanol–water partition coefficient (Wildman–Crippen LogP) is 4.60. The van der Waals surface area contributed by atoms with E-state index >= 15 is 0 Å². The van der Waals surface area contributed by atoms with Crippen LogP contribution in [0.15, 0.2) is 27.2 Å². The molecule has 1 aromatic carbocycles. The van der Waals surface area contributed by atoms with Crippen LogP contribution in [-0.2, 0) is 12.7 Å². The van der Waals surface area contributed by atoms with Gasteiger partial charge in [0, 0.05) is 5.39 Å². The maximum absolute atomic E-state index is 13.6. The zero-order chi connectivity index (χ0) is 20.2. The first-order valence-electron chi connectivity index (χ1n) is 8.07. The van der Waals surface area contributed by atoms with Gasteiger partial charge in [-0.1, -0.05) is 21.9 Å². The lowest BCUT2D eigenvalue weighted by molar-refractivity contribution is -0.143. The Balaban J connectivity index is 1.81. The van der Waals surface area contributed by atoms with Gasteiger partial charge >= 0.3 is 6.18 Å². The molecule has 0 saturated heterocycles. The van der Waals surface area contributed by atoms with Gasteiger partial charge in [0.2, 0.25) is 0 Å². The molecule has 0 radical (unpaired) electrons. The molecule has 3 heterocycles.